The predicted octanol–water partition coefficient (Wildman–Crippen LogP) is 2.71. The van der Waals surface area contributed by atoms with E-state index in [0.29, 0.717) is 13.0 Å². The van der Waals surface area contributed by atoms with E-state index >= 15 is 0 Å². The smallest absolute Gasteiger partial charge is 0.224 e. The fourth-order valence-corrected chi connectivity index (χ4v) is 2.87. The molecule has 2 aromatic carbocycles. The number of hydrogen-bond donors (Lipinski definition) is 2. The molecule has 0 bridgehead atoms. The van der Waals surface area contributed by atoms with E-state index in [2.05, 4.69) is 22.8 Å². The lowest BCUT2D eigenvalue weighted by Gasteiger charge is -2.27. The van der Waals surface area contributed by atoms with Crippen LogP contribution in [-0.4, -0.2) is 31.2 Å². The van der Waals surface area contributed by atoms with Gasteiger partial charge in [-0.15, -0.1) is 0 Å². The van der Waals surface area contributed by atoms with Gasteiger partial charge in [-0.2, -0.15) is 0 Å². The molecule has 2 N–H and O–H groups in total. The highest BCUT2D eigenvalue weighted by Crippen LogP contribution is 2.19. The zero-order chi connectivity index (χ0) is 16.1. The lowest BCUT2D eigenvalue weighted by molar-refractivity contribution is -0.121. The Kier molecular flexibility index (Phi) is 5.03. The molecule has 0 saturated carbocycles. The molecule has 2 aromatic rings. The molecule has 120 valence electrons. The molecule has 2 atom stereocenters. The second-order valence-electron chi connectivity index (χ2n) is 5.92. The molecule has 4 heteroatoms. The molecule has 1 saturated heterocycles. The summed E-state index contributed by atoms with van der Waals surface area (Å²) in [5.41, 5.74) is 3.21. The summed E-state index contributed by atoms with van der Waals surface area (Å²) < 4.78 is 13.7. The number of hydrogen-bond acceptors (Lipinski definition) is 2. The number of piperidine rings is 1. The van der Waals surface area contributed by atoms with E-state index in [-0.39, 0.29) is 18.4 Å². The first kappa shape index (κ1) is 15.7. The first-order valence-corrected chi connectivity index (χ1v) is 8.01. The van der Waals surface area contributed by atoms with Crippen LogP contribution in [0.2, 0.25) is 0 Å². The molecular formula is C19H21FN2O. The Hall–Kier alpha value is -2.20. The number of alkyl halides is 1. The minimum Gasteiger partial charge on any atom is -0.350 e. The minimum absolute atomic E-state index is 0.119. The fourth-order valence-electron chi connectivity index (χ4n) is 2.87. The first-order chi connectivity index (χ1) is 11.2. The van der Waals surface area contributed by atoms with Crippen molar-refractivity contribution in [3.8, 4) is 11.1 Å². The van der Waals surface area contributed by atoms with Gasteiger partial charge in [-0.1, -0.05) is 54.6 Å². The Labute approximate surface area is 135 Å². The number of amides is 1. The van der Waals surface area contributed by atoms with Gasteiger partial charge in [0.15, 0.2) is 0 Å². The number of carbonyl (C=O) groups is 1. The molecule has 1 heterocycles. The molecule has 3 rings (SSSR count). The van der Waals surface area contributed by atoms with E-state index < -0.39 is 6.17 Å². The Morgan fingerprint density at radius 2 is 1.78 bits per heavy atom. The summed E-state index contributed by atoms with van der Waals surface area (Å²) in [6, 6.07) is 17.7. The lowest BCUT2D eigenvalue weighted by Crippen LogP contribution is -2.51. The molecule has 23 heavy (non-hydrogen) atoms. The number of benzene rings is 2. The summed E-state index contributed by atoms with van der Waals surface area (Å²) in [5.74, 6) is -0.119. The summed E-state index contributed by atoms with van der Waals surface area (Å²) >= 11 is 0. The van der Waals surface area contributed by atoms with Gasteiger partial charge >= 0.3 is 0 Å². The number of rotatable bonds is 4. The van der Waals surface area contributed by atoms with E-state index in [9.17, 15) is 9.18 Å². The van der Waals surface area contributed by atoms with Crippen LogP contribution in [0.4, 0.5) is 4.39 Å². The van der Waals surface area contributed by atoms with Gasteiger partial charge in [0.2, 0.25) is 5.91 Å². The lowest BCUT2D eigenvalue weighted by atomic mass is 10.0. The van der Waals surface area contributed by atoms with Crippen molar-refractivity contribution in [3.63, 3.8) is 0 Å². The van der Waals surface area contributed by atoms with E-state index in [0.717, 1.165) is 23.2 Å². The standard InChI is InChI=1S/C19H21FN2O/c20-17-13-21-11-10-18(17)22-19(23)12-14-6-8-16(9-7-14)15-4-2-1-3-5-15/h1-9,17-18,21H,10-13H2,(H,22,23). The van der Waals surface area contributed by atoms with Crippen LogP contribution in [0.3, 0.4) is 0 Å². The summed E-state index contributed by atoms with van der Waals surface area (Å²) in [4.78, 5) is 12.1. The maximum Gasteiger partial charge on any atom is 0.224 e. The first-order valence-electron chi connectivity index (χ1n) is 8.01. The van der Waals surface area contributed by atoms with Gasteiger partial charge in [0.05, 0.1) is 12.5 Å². The molecule has 1 amide bonds. The zero-order valence-electron chi connectivity index (χ0n) is 13.0. The molecule has 1 aliphatic heterocycles. The summed E-state index contributed by atoms with van der Waals surface area (Å²) in [6.45, 7) is 1.06. The maximum atomic E-state index is 13.7. The summed E-state index contributed by atoms with van der Waals surface area (Å²) in [5, 5.41) is 5.79. The van der Waals surface area contributed by atoms with E-state index in [4.69, 9.17) is 0 Å². The Balaban J connectivity index is 1.58. The second-order valence-corrected chi connectivity index (χ2v) is 5.92. The predicted molar refractivity (Wildman–Crippen MR) is 89.9 cm³/mol. The van der Waals surface area contributed by atoms with E-state index in [1.54, 1.807) is 0 Å². The van der Waals surface area contributed by atoms with Gasteiger partial charge in [-0.05, 0) is 29.7 Å². The van der Waals surface area contributed by atoms with Crippen molar-refractivity contribution >= 4 is 5.91 Å². The molecule has 0 aliphatic carbocycles. The van der Waals surface area contributed by atoms with Crippen molar-refractivity contribution in [3.05, 3.63) is 60.2 Å². The second kappa shape index (κ2) is 7.38. The SMILES string of the molecule is O=C(Cc1ccc(-c2ccccc2)cc1)NC1CCNCC1F. The van der Waals surface area contributed by atoms with Crippen LogP contribution in [0, 0.1) is 0 Å². The van der Waals surface area contributed by atoms with Gasteiger partial charge in [0.1, 0.15) is 6.17 Å². The monoisotopic (exact) mass is 312 g/mol. The normalized spacial score (nSPS) is 20.9. The minimum atomic E-state index is -1.01. The van der Waals surface area contributed by atoms with Crippen molar-refractivity contribution in [1.29, 1.82) is 0 Å². The van der Waals surface area contributed by atoms with Crippen molar-refractivity contribution in [1.82, 2.24) is 10.6 Å². The fraction of sp³-hybridized carbons (Fsp3) is 0.316. The molecule has 0 radical (unpaired) electrons. The van der Waals surface area contributed by atoms with Crippen LogP contribution in [0.5, 0.6) is 0 Å². The summed E-state index contributed by atoms with van der Waals surface area (Å²) in [6.07, 6.45) is -0.0841. The Bertz CT molecular complexity index is 642. The van der Waals surface area contributed by atoms with Gasteiger partial charge in [-0.3, -0.25) is 4.79 Å². The highest BCUT2D eigenvalue weighted by molar-refractivity contribution is 5.79. The van der Waals surface area contributed by atoms with Crippen LogP contribution in [0.15, 0.2) is 54.6 Å². The van der Waals surface area contributed by atoms with Crippen LogP contribution < -0.4 is 10.6 Å². The van der Waals surface area contributed by atoms with Crippen LogP contribution in [-0.2, 0) is 11.2 Å². The molecule has 0 aromatic heterocycles. The molecule has 1 aliphatic rings. The van der Waals surface area contributed by atoms with Gasteiger partial charge in [0.25, 0.3) is 0 Å². The maximum absolute atomic E-state index is 13.7. The average Bonchev–Trinajstić information content (AvgIpc) is 2.58. The summed E-state index contributed by atoms with van der Waals surface area (Å²) in [7, 11) is 0. The molecule has 0 spiro atoms. The highest BCUT2D eigenvalue weighted by Gasteiger charge is 2.25. The van der Waals surface area contributed by atoms with Crippen molar-refractivity contribution < 1.29 is 9.18 Å². The Morgan fingerprint density at radius 3 is 2.48 bits per heavy atom. The van der Waals surface area contributed by atoms with Crippen LogP contribution in [0.25, 0.3) is 11.1 Å². The van der Waals surface area contributed by atoms with Crippen molar-refractivity contribution in [2.24, 2.45) is 0 Å². The average molecular weight is 312 g/mol. The van der Waals surface area contributed by atoms with Crippen LogP contribution in [0.1, 0.15) is 12.0 Å². The molecule has 3 nitrogen and oxygen atoms in total. The van der Waals surface area contributed by atoms with Gasteiger partial charge < -0.3 is 10.6 Å². The Morgan fingerprint density at radius 1 is 1.09 bits per heavy atom. The van der Waals surface area contributed by atoms with Crippen LogP contribution >= 0.6 is 0 Å². The quantitative estimate of drug-likeness (QED) is 0.911. The van der Waals surface area contributed by atoms with Gasteiger partial charge in [0, 0.05) is 6.54 Å². The van der Waals surface area contributed by atoms with Crippen molar-refractivity contribution in [2.45, 2.75) is 25.1 Å². The largest absolute Gasteiger partial charge is 0.350 e. The number of nitrogens with one attached hydrogen (secondary N) is 2. The van der Waals surface area contributed by atoms with E-state index in [1.165, 1.54) is 0 Å². The number of carbonyl (C=O) groups excluding carboxylic acids is 1. The highest BCUT2D eigenvalue weighted by atomic mass is 19.1. The van der Waals surface area contributed by atoms with E-state index in [1.807, 2.05) is 42.5 Å². The molecule has 2 unspecified atom stereocenters. The molecule has 1 fully saturated rings. The number of halogens is 1. The zero-order valence-corrected chi connectivity index (χ0v) is 13.0. The molecular weight excluding hydrogens is 291 g/mol. The third kappa shape index (κ3) is 4.17. The third-order valence-electron chi connectivity index (χ3n) is 4.18. The third-order valence-corrected chi connectivity index (χ3v) is 4.18. The topological polar surface area (TPSA) is 41.1 Å². The van der Waals surface area contributed by atoms with Gasteiger partial charge in [-0.25, -0.2) is 4.39 Å². The van der Waals surface area contributed by atoms with Crippen molar-refractivity contribution in [2.75, 3.05) is 13.1 Å².